The molecule has 2 unspecified atom stereocenters. The SMILES string of the molecule is COc1ccc(C(C)CN2CCNCC2c2ccncc2)cc1. The van der Waals surface area contributed by atoms with Crippen LogP contribution in [-0.2, 0) is 0 Å². The Kier molecular flexibility index (Phi) is 5.26. The van der Waals surface area contributed by atoms with E-state index in [1.54, 1.807) is 7.11 Å². The van der Waals surface area contributed by atoms with Gasteiger partial charge >= 0.3 is 0 Å². The van der Waals surface area contributed by atoms with Gasteiger partial charge in [0, 0.05) is 44.6 Å². The first-order valence-electron chi connectivity index (χ1n) is 8.26. The van der Waals surface area contributed by atoms with E-state index in [-0.39, 0.29) is 0 Å². The second-order valence-electron chi connectivity index (χ2n) is 6.17. The van der Waals surface area contributed by atoms with Crippen LogP contribution in [0.3, 0.4) is 0 Å². The third kappa shape index (κ3) is 3.89. The van der Waals surface area contributed by atoms with Gasteiger partial charge in [-0.25, -0.2) is 0 Å². The zero-order chi connectivity index (χ0) is 16.1. The number of pyridine rings is 1. The molecule has 3 rings (SSSR count). The van der Waals surface area contributed by atoms with Crippen molar-refractivity contribution in [2.45, 2.75) is 18.9 Å². The minimum atomic E-state index is 0.424. The number of nitrogens with zero attached hydrogens (tertiary/aromatic N) is 2. The maximum Gasteiger partial charge on any atom is 0.118 e. The molecule has 0 bridgehead atoms. The summed E-state index contributed by atoms with van der Waals surface area (Å²) in [6, 6.07) is 13.1. The highest BCUT2D eigenvalue weighted by atomic mass is 16.5. The molecular weight excluding hydrogens is 286 g/mol. The quantitative estimate of drug-likeness (QED) is 0.921. The zero-order valence-corrected chi connectivity index (χ0v) is 13.9. The predicted octanol–water partition coefficient (Wildman–Crippen LogP) is 2.84. The van der Waals surface area contributed by atoms with Gasteiger partial charge in [0.1, 0.15) is 5.75 Å². The Morgan fingerprint density at radius 2 is 1.96 bits per heavy atom. The molecule has 2 aromatic rings. The molecule has 1 aromatic heterocycles. The molecule has 1 aliphatic heterocycles. The van der Waals surface area contributed by atoms with Crippen molar-refractivity contribution in [3.05, 3.63) is 59.9 Å². The third-order valence-corrected chi connectivity index (χ3v) is 4.64. The minimum Gasteiger partial charge on any atom is -0.497 e. The summed E-state index contributed by atoms with van der Waals surface area (Å²) >= 11 is 0. The van der Waals surface area contributed by atoms with Crippen molar-refractivity contribution in [2.75, 3.05) is 33.3 Å². The number of piperazine rings is 1. The monoisotopic (exact) mass is 311 g/mol. The van der Waals surface area contributed by atoms with Crippen molar-refractivity contribution in [2.24, 2.45) is 0 Å². The molecule has 122 valence electrons. The van der Waals surface area contributed by atoms with E-state index in [0.717, 1.165) is 31.9 Å². The second kappa shape index (κ2) is 7.57. The van der Waals surface area contributed by atoms with E-state index in [2.05, 4.69) is 46.4 Å². The Labute approximate surface area is 138 Å². The molecular formula is C19H25N3O. The third-order valence-electron chi connectivity index (χ3n) is 4.64. The first-order chi connectivity index (χ1) is 11.3. The lowest BCUT2D eigenvalue weighted by molar-refractivity contribution is 0.154. The van der Waals surface area contributed by atoms with Gasteiger partial charge in [-0.1, -0.05) is 19.1 Å². The normalized spacial score (nSPS) is 20.2. The molecule has 0 saturated carbocycles. The number of methoxy groups -OCH3 is 1. The first-order valence-corrected chi connectivity index (χ1v) is 8.26. The smallest absolute Gasteiger partial charge is 0.118 e. The van der Waals surface area contributed by atoms with Gasteiger partial charge in [0.2, 0.25) is 0 Å². The van der Waals surface area contributed by atoms with Crippen LogP contribution in [0.4, 0.5) is 0 Å². The van der Waals surface area contributed by atoms with Gasteiger partial charge in [0.25, 0.3) is 0 Å². The number of hydrogen-bond acceptors (Lipinski definition) is 4. The van der Waals surface area contributed by atoms with E-state index < -0.39 is 0 Å². The van der Waals surface area contributed by atoms with Crippen LogP contribution in [0.1, 0.15) is 30.0 Å². The number of benzene rings is 1. The van der Waals surface area contributed by atoms with Crippen molar-refractivity contribution < 1.29 is 4.74 Å². The fraction of sp³-hybridized carbons (Fsp3) is 0.421. The van der Waals surface area contributed by atoms with Crippen molar-refractivity contribution in [1.29, 1.82) is 0 Å². The van der Waals surface area contributed by atoms with Crippen LogP contribution in [0.15, 0.2) is 48.8 Å². The Bertz CT molecular complexity index is 600. The molecule has 0 radical (unpaired) electrons. The summed E-state index contributed by atoms with van der Waals surface area (Å²) in [7, 11) is 1.71. The predicted molar refractivity (Wildman–Crippen MR) is 92.8 cm³/mol. The molecule has 1 aromatic carbocycles. The van der Waals surface area contributed by atoms with Crippen molar-refractivity contribution in [1.82, 2.24) is 15.2 Å². The van der Waals surface area contributed by atoms with Gasteiger partial charge in [-0.05, 0) is 41.3 Å². The van der Waals surface area contributed by atoms with Gasteiger partial charge < -0.3 is 10.1 Å². The first kappa shape index (κ1) is 16.0. The lowest BCUT2D eigenvalue weighted by Crippen LogP contribution is -2.47. The lowest BCUT2D eigenvalue weighted by Gasteiger charge is -2.38. The lowest BCUT2D eigenvalue weighted by atomic mass is 9.97. The Morgan fingerprint density at radius 3 is 2.65 bits per heavy atom. The molecule has 1 aliphatic rings. The highest BCUT2D eigenvalue weighted by Crippen LogP contribution is 2.26. The fourth-order valence-corrected chi connectivity index (χ4v) is 3.27. The molecule has 1 fully saturated rings. The zero-order valence-electron chi connectivity index (χ0n) is 13.9. The Balaban J connectivity index is 1.71. The minimum absolute atomic E-state index is 0.424. The summed E-state index contributed by atoms with van der Waals surface area (Å²) in [5.74, 6) is 1.40. The molecule has 0 amide bonds. The number of nitrogens with one attached hydrogen (secondary N) is 1. The van der Waals surface area contributed by atoms with E-state index in [0.29, 0.717) is 12.0 Å². The maximum absolute atomic E-state index is 5.25. The maximum atomic E-state index is 5.25. The van der Waals surface area contributed by atoms with Gasteiger partial charge in [0.15, 0.2) is 0 Å². The van der Waals surface area contributed by atoms with Crippen molar-refractivity contribution in [3.63, 3.8) is 0 Å². The second-order valence-corrected chi connectivity index (χ2v) is 6.17. The molecule has 1 N–H and O–H groups in total. The fourth-order valence-electron chi connectivity index (χ4n) is 3.27. The summed E-state index contributed by atoms with van der Waals surface area (Å²) in [6.45, 7) is 6.48. The van der Waals surface area contributed by atoms with Crippen molar-refractivity contribution >= 4 is 0 Å². The average molecular weight is 311 g/mol. The standard InChI is InChI=1S/C19H25N3O/c1-15(16-3-5-18(23-2)6-4-16)14-22-12-11-21-13-19(22)17-7-9-20-10-8-17/h3-10,15,19,21H,11-14H2,1-2H3. The van der Waals surface area contributed by atoms with Crippen LogP contribution in [0.25, 0.3) is 0 Å². The molecule has 1 saturated heterocycles. The van der Waals surface area contributed by atoms with E-state index >= 15 is 0 Å². The number of hydrogen-bond donors (Lipinski definition) is 1. The molecule has 0 aliphatic carbocycles. The van der Waals surface area contributed by atoms with Gasteiger partial charge in [-0.15, -0.1) is 0 Å². The van der Waals surface area contributed by atoms with E-state index in [1.165, 1.54) is 11.1 Å². The highest BCUT2D eigenvalue weighted by Gasteiger charge is 2.25. The number of aromatic nitrogens is 1. The largest absolute Gasteiger partial charge is 0.497 e. The topological polar surface area (TPSA) is 37.4 Å². The van der Waals surface area contributed by atoms with Gasteiger partial charge in [-0.3, -0.25) is 9.88 Å². The van der Waals surface area contributed by atoms with E-state index in [9.17, 15) is 0 Å². The van der Waals surface area contributed by atoms with Crippen LogP contribution < -0.4 is 10.1 Å². The van der Waals surface area contributed by atoms with Crippen LogP contribution in [-0.4, -0.2) is 43.2 Å². The van der Waals surface area contributed by atoms with Gasteiger partial charge in [0.05, 0.1) is 7.11 Å². The average Bonchev–Trinajstić information content (AvgIpc) is 2.63. The molecule has 4 nitrogen and oxygen atoms in total. The molecule has 23 heavy (non-hydrogen) atoms. The van der Waals surface area contributed by atoms with Gasteiger partial charge in [-0.2, -0.15) is 0 Å². The molecule has 4 heteroatoms. The summed E-state index contributed by atoms with van der Waals surface area (Å²) in [6.07, 6.45) is 3.77. The van der Waals surface area contributed by atoms with Crippen LogP contribution in [0, 0.1) is 0 Å². The van der Waals surface area contributed by atoms with Crippen LogP contribution in [0.2, 0.25) is 0 Å². The molecule has 2 heterocycles. The van der Waals surface area contributed by atoms with Crippen LogP contribution in [0.5, 0.6) is 5.75 Å². The summed E-state index contributed by atoms with van der Waals surface area (Å²) < 4.78 is 5.25. The summed E-state index contributed by atoms with van der Waals surface area (Å²) in [4.78, 5) is 6.72. The molecule has 2 atom stereocenters. The summed E-state index contributed by atoms with van der Waals surface area (Å²) in [5, 5.41) is 3.51. The number of ether oxygens (including phenoxy) is 1. The van der Waals surface area contributed by atoms with Crippen LogP contribution >= 0.6 is 0 Å². The Morgan fingerprint density at radius 1 is 1.22 bits per heavy atom. The number of rotatable bonds is 5. The van der Waals surface area contributed by atoms with E-state index in [1.807, 2.05) is 24.5 Å². The van der Waals surface area contributed by atoms with Crippen molar-refractivity contribution in [3.8, 4) is 5.75 Å². The van der Waals surface area contributed by atoms with E-state index in [4.69, 9.17) is 4.74 Å². The highest BCUT2D eigenvalue weighted by molar-refractivity contribution is 5.29. The Hall–Kier alpha value is -1.91. The summed E-state index contributed by atoms with van der Waals surface area (Å²) in [5.41, 5.74) is 2.70. The molecule has 0 spiro atoms.